The second-order valence-electron chi connectivity index (χ2n) is 4.76. The van der Waals surface area contributed by atoms with Crippen LogP contribution in [0.1, 0.15) is 28.9 Å². The van der Waals surface area contributed by atoms with E-state index in [4.69, 9.17) is 0 Å². The van der Waals surface area contributed by atoms with Crippen LogP contribution in [-0.4, -0.2) is 35.4 Å². The van der Waals surface area contributed by atoms with E-state index in [1.165, 1.54) is 0 Å². The predicted molar refractivity (Wildman–Crippen MR) is 76.2 cm³/mol. The Morgan fingerprint density at radius 1 is 1.38 bits per heavy atom. The third-order valence-corrected chi connectivity index (χ3v) is 3.52. The first-order chi connectivity index (χ1) is 10.1. The van der Waals surface area contributed by atoms with Crippen molar-refractivity contribution in [3.63, 3.8) is 0 Å². The molecule has 0 amide bonds. The second-order valence-corrected chi connectivity index (χ2v) is 4.76. The van der Waals surface area contributed by atoms with Crippen molar-refractivity contribution in [3.05, 3.63) is 41.7 Å². The maximum Gasteiger partial charge on any atom is 0.337 e. The lowest BCUT2D eigenvalue weighted by Gasteiger charge is -2.09. The number of para-hydroxylation sites is 1. The Morgan fingerprint density at radius 2 is 2.19 bits per heavy atom. The summed E-state index contributed by atoms with van der Waals surface area (Å²) in [5.41, 5.74) is 1.54. The van der Waals surface area contributed by atoms with Crippen molar-refractivity contribution in [2.45, 2.75) is 26.9 Å². The molecular weight excluding hydrogens is 270 g/mol. The molecule has 7 nitrogen and oxygen atoms in total. The van der Waals surface area contributed by atoms with Gasteiger partial charge in [-0.3, -0.25) is 0 Å². The van der Waals surface area contributed by atoms with Crippen LogP contribution in [0, 0.1) is 6.92 Å². The molecule has 7 heteroatoms. The highest BCUT2D eigenvalue weighted by atomic mass is 16.4. The minimum absolute atomic E-state index is 0.246. The van der Waals surface area contributed by atoms with E-state index in [0.29, 0.717) is 17.6 Å². The van der Waals surface area contributed by atoms with Crippen LogP contribution in [0.15, 0.2) is 24.5 Å². The number of hydrogen-bond acceptors (Lipinski definition) is 4. The zero-order chi connectivity index (χ0) is 15.0. The van der Waals surface area contributed by atoms with Gasteiger partial charge in [0.1, 0.15) is 12.2 Å². The minimum atomic E-state index is -0.960. The summed E-state index contributed by atoms with van der Waals surface area (Å²) >= 11 is 0. The normalized spacial score (nSPS) is 11.1. The Bertz CT molecular complexity index is 818. The fraction of sp³-hybridized carbons (Fsp3) is 0.286. The van der Waals surface area contributed by atoms with Crippen LogP contribution in [0.2, 0.25) is 0 Å². The van der Waals surface area contributed by atoms with Gasteiger partial charge in [0.2, 0.25) is 0 Å². The van der Waals surface area contributed by atoms with Crippen LogP contribution in [0.5, 0.6) is 0 Å². The average Bonchev–Trinajstić information content (AvgIpc) is 3.03. The lowest BCUT2D eigenvalue weighted by molar-refractivity contribution is 0.0698. The smallest absolute Gasteiger partial charge is 0.337 e. The van der Waals surface area contributed by atoms with Crippen molar-refractivity contribution in [2.75, 3.05) is 0 Å². The summed E-state index contributed by atoms with van der Waals surface area (Å²) in [4.78, 5) is 15.9. The van der Waals surface area contributed by atoms with Crippen LogP contribution in [0.4, 0.5) is 0 Å². The molecule has 0 atom stereocenters. The highest BCUT2D eigenvalue weighted by Gasteiger charge is 2.17. The third kappa shape index (κ3) is 2.16. The molecule has 21 heavy (non-hydrogen) atoms. The number of nitrogens with zero attached hydrogens (tertiary/aromatic N) is 5. The van der Waals surface area contributed by atoms with Crippen LogP contribution in [0.25, 0.3) is 11.0 Å². The first-order valence-corrected chi connectivity index (χ1v) is 6.67. The van der Waals surface area contributed by atoms with Gasteiger partial charge in [0.05, 0.1) is 23.1 Å². The van der Waals surface area contributed by atoms with Crippen molar-refractivity contribution in [1.82, 2.24) is 24.3 Å². The van der Waals surface area contributed by atoms with Crippen molar-refractivity contribution in [2.24, 2.45) is 0 Å². The fourth-order valence-electron chi connectivity index (χ4n) is 2.47. The monoisotopic (exact) mass is 285 g/mol. The zero-order valence-electron chi connectivity index (χ0n) is 11.8. The molecule has 2 heterocycles. The molecule has 0 radical (unpaired) electrons. The van der Waals surface area contributed by atoms with Gasteiger partial charge in [-0.05, 0) is 26.0 Å². The van der Waals surface area contributed by atoms with Gasteiger partial charge in [0.25, 0.3) is 0 Å². The van der Waals surface area contributed by atoms with Crippen LogP contribution >= 0.6 is 0 Å². The number of aromatic carboxylic acids is 1. The van der Waals surface area contributed by atoms with E-state index >= 15 is 0 Å². The second kappa shape index (κ2) is 5.01. The lowest BCUT2D eigenvalue weighted by Crippen LogP contribution is -2.10. The van der Waals surface area contributed by atoms with Crippen molar-refractivity contribution in [1.29, 1.82) is 0 Å². The van der Waals surface area contributed by atoms with E-state index in [0.717, 1.165) is 18.2 Å². The number of aromatic nitrogens is 5. The lowest BCUT2D eigenvalue weighted by atomic mass is 10.2. The SMILES string of the molecule is CCn1cnnc1Cn1c(C)nc2cccc(C(=O)O)c21. The van der Waals surface area contributed by atoms with Crippen molar-refractivity contribution >= 4 is 17.0 Å². The summed E-state index contributed by atoms with van der Waals surface area (Å²) in [5.74, 6) is 0.572. The summed E-state index contributed by atoms with van der Waals surface area (Å²) in [6.45, 7) is 5.08. The molecule has 0 saturated carbocycles. The number of benzene rings is 1. The molecule has 0 spiro atoms. The molecule has 0 bridgehead atoms. The molecule has 1 aromatic carbocycles. The van der Waals surface area contributed by atoms with Crippen molar-refractivity contribution < 1.29 is 9.90 Å². The number of carboxylic acids is 1. The Hall–Kier alpha value is -2.70. The van der Waals surface area contributed by atoms with Crippen LogP contribution in [-0.2, 0) is 13.1 Å². The Labute approximate surface area is 120 Å². The summed E-state index contributed by atoms with van der Waals surface area (Å²) in [6, 6.07) is 5.11. The highest BCUT2D eigenvalue weighted by Crippen LogP contribution is 2.21. The van der Waals surface area contributed by atoms with Gasteiger partial charge in [0, 0.05) is 6.54 Å². The van der Waals surface area contributed by atoms with E-state index in [-0.39, 0.29) is 5.56 Å². The maximum absolute atomic E-state index is 11.4. The van der Waals surface area contributed by atoms with E-state index in [1.807, 2.05) is 29.0 Å². The molecule has 3 aromatic rings. The number of imidazole rings is 1. The highest BCUT2D eigenvalue weighted by molar-refractivity contribution is 6.01. The van der Waals surface area contributed by atoms with Gasteiger partial charge < -0.3 is 14.2 Å². The summed E-state index contributed by atoms with van der Waals surface area (Å²) in [7, 11) is 0. The molecule has 3 rings (SSSR count). The molecule has 0 aliphatic carbocycles. The van der Waals surface area contributed by atoms with E-state index in [2.05, 4.69) is 15.2 Å². The van der Waals surface area contributed by atoms with Gasteiger partial charge in [0.15, 0.2) is 5.82 Å². The van der Waals surface area contributed by atoms with Gasteiger partial charge in [-0.1, -0.05) is 6.07 Å². The van der Waals surface area contributed by atoms with E-state index in [1.54, 1.807) is 18.5 Å². The first-order valence-electron chi connectivity index (χ1n) is 6.67. The van der Waals surface area contributed by atoms with Gasteiger partial charge >= 0.3 is 5.97 Å². The topological polar surface area (TPSA) is 85.8 Å². The Kier molecular flexibility index (Phi) is 3.17. The zero-order valence-corrected chi connectivity index (χ0v) is 11.8. The van der Waals surface area contributed by atoms with Gasteiger partial charge in [-0.25, -0.2) is 9.78 Å². The third-order valence-electron chi connectivity index (χ3n) is 3.52. The molecular formula is C14H15N5O2. The fourth-order valence-corrected chi connectivity index (χ4v) is 2.47. The summed E-state index contributed by atoms with van der Waals surface area (Å²) in [5, 5.41) is 17.4. The van der Waals surface area contributed by atoms with Gasteiger partial charge in [-0.2, -0.15) is 0 Å². The predicted octanol–water partition coefficient (Wildman–Crippen LogP) is 1.70. The molecule has 0 saturated heterocycles. The standard InChI is InChI=1S/C14H15N5O2/c1-3-18-8-15-17-12(18)7-19-9(2)16-11-6-4-5-10(13(11)19)14(20)21/h4-6,8H,3,7H2,1-2H3,(H,20,21). The number of rotatable bonds is 4. The molecule has 108 valence electrons. The number of hydrogen-bond donors (Lipinski definition) is 1. The number of fused-ring (bicyclic) bond motifs is 1. The van der Waals surface area contributed by atoms with Gasteiger partial charge in [-0.15, -0.1) is 10.2 Å². The quantitative estimate of drug-likeness (QED) is 0.788. The summed E-state index contributed by atoms with van der Waals surface area (Å²) < 4.78 is 3.80. The number of carboxylic acid groups (broad SMARTS) is 1. The van der Waals surface area contributed by atoms with E-state index in [9.17, 15) is 9.90 Å². The molecule has 2 aromatic heterocycles. The van der Waals surface area contributed by atoms with Crippen LogP contribution in [0.3, 0.4) is 0 Å². The number of aryl methyl sites for hydroxylation is 2. The Morgan fingerprint density at radius 3 is 2.90 bits per heavy atom. The largest absolute Gasteiger partial charge is 0.478 e. The number of carbonyl (C=O) groups is 1. The maximum atomic E-state index is 11.4. The molecule has 0 aliphatic rings. The molecule has 0 fully saturated rings. The summed E-state index contributed by atoms with van der Waals surface area (Å²) in [6.07, 6.45) is 1.67. The van der Waals surface area contributed by atoms with Crippen LogP contribution < -0.4 is 0 Å². The average molecular weight is 285 g/mol. The first kappa shape index (κ1) is 13.3. The molecule has 0 aliphatic heterocycles. The minimum Gasteiger partial charge on any atom is -0.478 e. The van der Waals surface area contributed by atoms with E-state index < -0.39 is 5.97 Å². The van der Waals surface area contributed by atoms with Crippen molar-refractivity contribution in [3.8, 4) is 0 Å². The Balaban J connectivity index is 2.18. The molecule has 0 unspecified atom stereocenters. The molecule has 1 N–H and O–H groups in total.